The summed E-state index contributed by atoms with van der Waals surface area (Å²) in [5.41, 5.74) is 7.01. The lowest BCUT2D eigenvalue weighted by atomic mass is 10.0. The summed E-state index contributed by atoms with van der Waals surface area (Å²) in [6.07, 6.45) is 1.68. The molecule has 2 atom stereocenters. The molecule has 1 aromatic rings. The second-order valence-corrected chi connectivity index (χ2v) is 4.85. The van der Waals surface area contributed by atoms with Gasteiger partial charge in [0.1, 0.15) is 5.82 Å². The van der Waals surface area contributed by atoms with Gasteiger partial charge in [-0.1, -0.05) is 6.07 Å². The minimum absolute atomic E-state index is 0.0345. The standard InChI is InChI=1S/C12H17BrFNO/c1-8(16-2)5-10(15)6-9-3-4-12(14)11(13)7-9/h3-4,7-8,10H,5-6,15H2,1-2H3. The molecular weight excluding hydrogens is 273 g/mol. The van der Waals surface area contributed by atoms with E-state index in [2.05, 4.69) is 15.9 Å². The summed E-state index contributed by atoms with van der Waals surface area (Å²) < 4.78 is 18.6. The first kappa shape index (κ1) is 13.6. The molecule has 0 radical (unpaired) electrons. The number of methoxy groups -OCH3 is 1. The molecule has 0 aliphatic rings. The molecule has 0 heterocycles. The molecule has 4 heteroatoms. The van der Waals surface area contributed by atoms with E-state index in [1.165, 1.54) is 6.07 Å². The molecule has 0 aliphatic carbocycles. The van der Waals surface area contributed by atoms with Crippen LogP contribution in [0.5, 0.6) is 0 Å². The zero-order valence-corrected chi connectivity index (χ0v) is 11.1. The van der Waals surface area contributed by atoms with Crippen molar-refractivity contribution in [2.24, 2.45) is 5.73 Å². The molecule has 1 rings (SSSR count). The Morgan fingerprint density at radius 2 is 2.19 bits per heavy atom. The third kappa shape index (κ3) is 4.20. The molecule has 0 aromatic heterocycles. The van der Waals surface area contributed by atoms with Crippen LogP contribution < -0.4 is 5.73 Å². The molecule has 0 spiro atoms. The molecule has 16 heavy (non-hydrogen) atoms. The number of nitrogens with two attached hydrogens (primary N) is 1. The molecule has 2 N–H and O–H groups in total. The van der Waals surface area contributed by atoms with Gasteiger partial charge in [-0.3, -0.25) is 0 Å². The van der Waals surface area contributed by atoms with Gasteiger partial charge in [0.15, 0.2) is 0 Å². The minimum atomic E-state index is -0.248. The maximum absolute atomic E-state index is 13.0. The average Bonchev–Trinajstić information content (AvgIpc) is 2.23. The summed E-state index contributed by atoms with van der Waals surface area (Å²) in [5, 5.41) is 0. The fraction of sp³-hybridized carbons (Fsp3) is 0.500. The Kier molecular flexibility index (Phi) is 5.38. The van der Waals surface area contributed by atoms with Gasteiger partial charge in [0.05, 0.1) is 10.6 Å². The van der Waals surface area contributed by atoms with Crippen LogP contribution in [0.3, 0.4) is 0 Å². The van der Waals surface area contributed by atoms with Crippen molar-refractivity contribution < 1.29 is 9.13 Å². The van der Waals surface area contributed by atoms with Crippen molar-refractivity contribution in [2.75, 3.05) is 7.11 Å². The normalized spacial score (nSPS) is 14.8. The van der Waals surface area contributed by atoms with Gasteiger partial charge < -0.3 is 10.5 Å². The Balaban J connectivity index is 2.56. The van der Waals surface area contributed by atoms with Crippen molar-refractivity contribution in [1.29, 1.82) is 0 Å². The summed E-state index contributed by atoms with van der Waals surface area (Å²) in [6, 6.07) is 5.02. The van der Waals surface area contributed by atoms with Crippen molar-refractivity contribution >= 4 is 15.9 Å². The SMILES string of the molecule is COC(C)CC(N)Cc1ccc(F)c(Br)c1. The summed E-state index contributed by atoms with van der Waals surface area (Å²) in [6.45, 7) is 1.99. The molecule has 2 nitrogen and oxygen atoms in total. The Bertz CT molecular complexity index is 346. The van der Waals surface area contributed by atoms with Gasteiger partial charge in [0, 0.05) is 13.2 Å². The molecule has 0 fully saturated rings. The molecule has 2 unspecified atom stereocenters. The molecule has 1 aromatic carbocycles. The van der Waals surface area contributed by atoms with E-state index in [1.54, 1.807) is 19.2 Å². The van der Waals surface area contributed by atoms with E-state index in [1.807, 2.05) is 6.92 Å². The van der Waals surface area contributed by atoms with Crippen LogP contribution in [0.2, 0.25) is 0 Å². The number of hydrogen-bond acceptors (Lipinski definition) is 2. The van der Waals surface area contributed by atoms with Gasteiger partial charge in [0.25, 0.3) is 0 Å². The molecular formula is C12H17BrFNO. The number of halogens is 2. The summed E-state index contributed by atoms with van der Waals surface area (Å²) >= 11 is 3.16. The van der Waals surface area contributed by atoms with E-state index >= 15 is 0 Å². The Hall–Kier alpha value is -0.450. The fourth-order valence-electron chi connectivity index (χ4n) is 1.58. The highest BCUT2D eigenvalue weighted by Crippen LogP contribution is 2.18. The maximum Gasteiger partial charge on any atom is 0.137 e. The van der Waals surface area contributed by atoms with Gasteiger partial charge in [-0.25, -0.2) is 4.39 Å². The molecule has 0 aliphatic heterocycles. The van der Waals surface area contributed by atoms with Crippen molar-refractivity contribution in [1.82, 2.24) is 0 Å². The minimum Gasteiger partial charge on any atom is -0.382 e. The predicted molar refractivity (Wildman–Crippen MR) is 66.9 cm³/mol. The lowest BCUT2D eigenvalue weighted by molar-refractivity contribution is 0.104. The van der Waals surface area contributed by atoms with E-state index in [-0.39, 0.29) is 18.0 Å². The van der Waals surface area contributed by atoms with Crippen LogP contribution in [0.4, 0.5) is 4.39 Å². The predicted octanol–water partition coefficient (Wildman–Crippen LogP) is 2.88. The molecule has 0 saturated heterocycles. The van der Waals surface area contributed by atoms with Crippen LogP contribution in [0.15, 0.2) is 22.7 Å². The van der Waals surface area contributed by atoms with Gasteiger partial charge >= 0.3 is 0 Å². The Labute approximate surface area is 104 Å². The van der Waals surface area contributed by atoms with Gasteiger partial charge in [-0.15, -0.1) is 0 Å². The van der Waals surface area contributed by atoms with Gasteiger partial charge in [-0.05, 0) is 53.4 Å². The molecule has 0 bridgehead atoms. The zero-order valence-electron chi connectivity index (χ0n) is 9.54. The first-order valence-electron chi connectivity index (χ1n) is 5.25. The average molecular weight is 290 g/mol. The van der Waals surface area contributed by atoms with Gasteiger partial charge in [-0.2, -0.15) is 0 Å². The highest BCUT2D eigenvalue weighted by Gasteiger charge is 2.10. The monoisotopic (exact) mass is 289 g/mol. The molecule has 90 valence electrons. The first-order chi connectivity index (χ1) is 7.52. The molecule has 0 saturated carbocycles. The van der Waals surface area contributed by atoms with E-state index in [0.717, 1.165) is 18.4 Å². The van der Waals surface area contributed by atoms with Crippen LogP contribution in [0, 0.1) is 5.82 Å². The van der Waals surface area contributed by atoms with Crippen LogP contribution in [-0.4, -0.2) is 19.3 Å². The van der Waals surface area contributed by atoms with Crippen LogP contribution in [-0.2, 0) is 11.2 Å². The van der Waals surface area contributed by atoms with E-state index in [0.29, 0.717) is 4.47 Å². The third-order valence-corrected chi connectivity index (χ3v) is 3.13. The largest absolute Gasteiger partial charge is 0.382 e. The zero-order chi connectivity index (χ0) is 12.1. The quantitative estimate of drug-likeness (QED) is 0.905. The van der Waals surface area contributed by atoms with E-state index < -0.39 is 0 Å². The lowest BCUT2D eigenvalue weighted by Crippen LogP contribution is -2.27. The van der Waals surface area contributed by atoms with Crippen LogP contribution in [0.1, 0.15) is 18.9 Å². The maximum atomic E-state index is 13.0. The van der Waals surface area contributed by atoms with Crippen molar-refractivity contribution in [3.8, 4) is 0 Å². The van der Waals surface area contributed by atoms with Gasteiger partial charge in [0.2, 0.25) is 0 Å². The fourth-order valence-corrected chi connectivity index (χ4v) is 2.00. The molecule has 0 amide bonds. The highest BCUT2D eigenvalue weighted by atomic mass is 79.9. The first-order valence-corrected chi connectivity index (χ1v) is 6.04. The Morgan fingerprint density at radius 1 is 1.50 bits per heavy atom. The number of ether oxygens (including phenoxy) is 1. The lowest BCUT2D eigenvalue weighted by Gasteiger charge is -2.16. The Morgan fingerprint density at radius 3 is 2.75 bits per heavy atom. The van der Waals surface area contributed by atoms with Crippen molar-refractivity contribution in [3.63, 3.8) is 0 Å². The summed E-state index contributed by atoms with van der Waals surface area (Å²) in [7, 11) is 1.67. The third-order valence-electron chi connectivity index (χ3n) is 2.52. The summed E-state index contributed by atoms with van der Waals surface area (Å²) in [5.74, 6) is -0.248. The van der Waals surface area contributed by atoms with E-state index in [4.69, 9.17) is 10.5 Å². The second kappa shape index (κ2) is 6.33. The van der Waals surface area contributed by atoms with Crippen molar-refractivity contribution in [3.05, 3.63) is 34.1 Å². The smallest absolute Gasteiger partial charge is 0.137 e. The van der Waals surface area contributed by atoms with Crippen LogP contribution >= 0.6 is 15.9 Å². The number of rotatable bonds is 5. The number of benzene rings is 1. The highest BCUT2D eigenvalue weighted by molar-refractivity contribution is 9.10. The topological polar surface area (TPSA) is 35.2 Å². The van der Waals surface area contributed by atoms with Crippen LogP contribution in [0.25, 0.3) is 0 Å². The van der Waals surface area contributed by atoms with E-state index in [9.17, 15) is 4.39 Å². The summed E-state index contributed by atoms with van der Waals surface area (Å²) in [4.78, 5) is 0. The number of hydrogen-bond donors (Lipinski definition) is 1. The van der Waals surface area contributed by atoms with Crippen molar-refractivity contribution in [2.45, 2.75) is 31.9 Å². The second-order valence-electron chi connectivity index (χ2n) is 3.99.